The number of piperazine rings is 1. The minimum Gasteiger partial charge on any atom is -0.346 e. The Morgan fingerprint density at radius 1 is 1.33 bits per heavy atom. The smallest absolute Gasteiger partial charge is 0.275 e. The van der Waals surface area contributed by atoms with Crippen molar-refractivity contribution in [2.24, 2.45) is 0 Å². The van der Waals surface area contributed by atoms with E-state index in [1.807, 2.05) is 11.4 Å². The van der Waals surface area contributed by atoms with Gasteiger partial charge < -0.3 is 15.2 Å². The number of amides is 1. The molecule has 1 amide bonds. The van der Waals surface area contributed by atoms with E-state index < -0.39 is 0 Å². The van der Waals surface area contributed by atoms with Crippen LogP contribution in [-0.4, -0.2) is 35.5 Å². The highest BCUT2D eigenvalue weighted by atomic mass is 32.1. The number of carbonyl (C=O) groups excluding carboxylic acids is 1. The van der Waals surface area contributed by atoms with Crippen molar-refractivity contribution in [3.8, 4) is 10.4 Å². The summed E-state index contributed by atoms with van der Waals surface area (Å²) in [6.07, 6.45) is 0. The zero-order chi connectivity index (χ0) is 16.7. The molecular formula is C16H17N4O2S2+. The number of H-pyrrole nitrogens is 1. The van der Waals surface area contributed by atoms with Crippen molar-refractivity contribution < 1.29 is 9.69 Å². The molecule has 0 spiro atoms. The van der Waals surface area contributed by atoms with Crippen molar-refractivity contribution in [2.75, 3.05) is 19.6 Å². The normalized spacial score (nSPS) is 18.0. The van der Waals surface area contributed by atoms with Crippen LogP contribution in [0.15, 0.2) is 22.3 Å². The van der Waals surface area contributed by atoms with Crippen LogP contribution in [0.2, 0.25) is 0 Å². The van der Waals surface area contributed by atoms with Crippen molar-refractivity contribution in [3.05, 3.63) is 38.6 Å². The van der Waals surface area contributed by atoms with Gasteiger partial charge in [0.15, 0.2) is 12.4 Å². The highest BCUT2D eigenvalue weighted by Crippen LogP contribution is 2.34. The first-order valence-electron chi connectivity index (χ1n) is 7.77. The number of aromatic amines is 1. The Kier molecular flexibility index (Phi) is 3.95. The molecule has 0 aromatic carbocycles. The lowest BCUT2D eigenvalue weighted by molar-refractivity contribution is -0.907. The van der Waals surface area contributed by atoms with Crippen molar-refractivity contribution in [2.45, 2.75) is 13.5 Å². The van der Waals surface area contributed by atoms with Gasteiger partial charge >= 0.3 is 0 Å². The Bertz CT molecular complexity index is 972. The van der Waals surface area contributed by atoms with Gasteiger partial charge in [-0.3, -0.25) is 9.59 Å². The summed E-state index contributed by atoms with van der Waals surface area (Å²) in [5.41, 5.74) is 0.858. The second-order valence-corrected chi connectivity index (χ2v) is 8.10. The summed E-state index contributed by atoms with van der Waals surface area (Å²) < 4.78 is 0. The minimum absolute atomic E-state index is 0.0474. The maximum atomic E-state index is 12.6. The third-order valence-electron chi connectivity index (χ3n) is 4.13. The van der Waals surface area contributed by atoms with Crippen LogP contribution < -0.4 is 15.8 Å². The second kappa shape index (κ2) is 6.12. The topological polar surface area (TPSA) is 79.3 Å². The van der Waals surface area contributed by atoms with E-state index in [0.717, 1.165) is 26.7 Å². The van der Waals surface area contributed by atoms with Crippen molar-refractivity contribution in [1.29, 1.82) is 0 Å². The number of nitrogens with zero attached hydrogens (tertiary/aromatic N) is 1. The molecule has 0 aliphatic carbocycles. The van der Waals surface area contributed by atoms with Crippen LogP contribution in [0.3, 0.4) is 0 Å². The Hall–Kier alpha value is -2.03. The molecule has 0 saturated carbocycles. The fourth-order valence-electron chi connectivity index (χ4n) is 2.98. The summed E-state index contributed by atoms with van der Waals surface area (Å²) in [5, 5.41) is 5.48. The van der Waals surface area contributed by atoms with E-state index in [4.69, 9.17) is 0 Å². The van der Waals surface area contributed by atoms with Gasteiger partial charge in [0.2, 0.25) is 0 Å². The monoisotopic (exact) mass is 361 g/mol. The molecule has 1 atom stereocenters. The van der Waals surface area contributed by atoms with Gasteiger partial charge in [-0.1, -0.05) is 0 Å². The van der Waals surface area contributed by atoms with E-state index in [0.29, 0.717) is 30.8 Å². The van der Waals surface area contributed by atoms with Gasteiger partial charge in [0.05, 0.1) is 18.5 Å². The van der Waals surface area contributed by atoms with Crippen LogP contribution in [0.25, 0.3) is 20.7 Å². The number of thiophene rings is 2. The third-order valence-corrected chi connectivity index (χ3v) is 6.03. The molecule has 1 saturated heterocycles. The standard InChI is InChI=1S/C16H16N4O2S2/c1-9-2-3-11(24-9)10-8-23-16-14(10)15(22)18-12(19-16)6-20-5-4-17-13(21)7-20/h2-3,8H,4-7H2,1H3,(H,17,21)(H,18,19,22)/p+1. The molecule has 1 aliphatic heterocycles. The number of nitrogens with one attached hydrogen (secondary N) is 3. The highest BCUT2D eigenvalue weighted by Gasteiger charge is 2.21. The van der Waals surface area contributed by atoms with Crippen molar-refractivity contribution in [1.82, 2.24) is 15.3 Å². The molecule has 8 heteroatoms. The van der Waals surface area contributed by atoms with Crippen LogP contribution >= 0.6 is 22.7 Å². The molecule has 4 rings (SSSR count). The molecule has 0 radical (unpaired) electrons. The minimum atomic E-state index is -0.0989. The summed E-state index contributed by atoms with van der Waals surface area (Å²) >= 11 is 3.18. The number of fused-ring (bicyclic) bond motifs is 1. The van der Waals surface area contributed by atoms with E-state index in [-0.39, 0.29) is 11.5 Å². The van der Waals surface area contributed by atoms with Gasteiger partial charge in [0, 0.05) is 20.7 Å². The Morgan fingerprint density at radius 3 is 2.96 bits per heavy atom. The second-order valence-electron chi connectivity index (χ2n) is 5.96. The number of aryl methyl sites for hydroxylation is 1. The lowest BCUT2D eigenvalue weighted by atomic mass is 10.2. The Balaban J connectivity index is 1.68. The zero-order valence-corrected chi connectivity index (χ0v) is 14.8. The molecule has 3 N–H and O–H groups in total. The first kappa shape index (κ1) is 15.5. The van der Waals surface area contributed by atoms with Gasteiger partial charge in [-0.15, -0.1) is 22.7 Å². The molecule has 124 valence electrons. The number of rotatable bonds is 3. The molecule has 3 aromatic rings. The highest BCUT2D eigenvalue weighted by molar-refractivity contribution is 7.19. The van der Waals surface area contributed by atoms with Crippen molar-refractivity contribution in [3.63, 3.8) is 0 Å². The summed E-state index contributed by atoms with van der Waals surface area (Å²) in [6, 6.07) is 4.11. The Labute approximate surface area is 146 Å². The molecule has 3 aromatic heterocycles. The van der Waals surface area contributed by atoms with Gasteiger partial charge in [-0.05, 0) is 19.1 Å². The number of carbonyl (C=O) groups is 1. The molecule has 24 heavy (non-hydrogen) atoms. The predicted octanol–water partition coefficient (Wildman–Crippen LogP) is 0.536. The maximum absolute atomic E-state index is 12.6. The van der Waals surface area contributed by atoms with Crippen LogP contribution in [0, 0.1) is 6.92 Å². The molecule has 1 aliphatic rings. The lowest BCUT2D eigenvalue weighted by Gasteiger charge is -2.22. The van der Waals surface area contributed by atoms with Crippen LogP contribution in [-0.2, 0) is 11.3 Å². The Morgan fingerprint density at radius 2 is 2.21 bits per heavy atom. The van der Waals surface area contributed by atoms with Gasteiger partial charge in [-0.25, -0.2) is 4.98 Å². The van der Waals surface area contributed by atoms with Crippen molar-refractivity contribution >= 4 is 38.8 Å². The molecule has 6 nitrogen and oxygen atoms in total. The quantitative estimate of drug-likeness (QED) is 0.637. The molecule has 1 unspecified atom stereocenters. The first-order valence-corrected chi connectivity index (χ1v) is 9.47. The van der Waals surface area contributed by atoms with E-state index >= 15 is 0 Å². The van der Waals surface area contributed by atoms with E-state index in [2.05, 4.69) is 28.3 Å². The number of hydrogen-bond donors (Lipinski definition) is 3. The van der Waals surface area contributed by atoms with Gasteiger partial charge in [-0.2, -0.15) is 0 Å². The summed E-state index contributed by atoms with van der Waals surface area (Å²) in [4.78, 5) is 35.8. The van der Waals surface area contributed by atoms with E-state index in [1.165, 1.54) is 16.2 Å². The average molecular weight is 361 g/mol. The number of hydrogen-bond acceptors (Lipinski definition) is 5. The summed E-state index contributed by atoms with van der Waals surface area (Å²) in [5.74, 6) is 0.694. The van der Waals surface area contributed by atoms with E-state index in [9.17, 15) is 9.59 Å². The fourth-order valence-corrected chi connectivity index (χ4v) is 4.90. The summed E-state index contributed by atoms with van der Waals surface area (Å²) in [6.45, 7) is 4.55. The first-order chi connectivity index (χ1) is 11.6. The number of quaternary nitrogens is 1. The summed E-state index contributed by atoms with van der Waals surface area (Å²) in [7, 11) is 0. The molecule has 0 bridgehead atoms. The SMILES string of the molecule is Cc1ccc(-c2csc3nc(C[NH+]4CCNC(=O)C4)[nH]c(=O)c23)s1. The molecule has 4 heterocycles. The zero-order valence-electron chi connectivity index (χ0n) is 13.1. The molecule has 1 fully saturated rings. The maximum Gasteiger partial charge on any atom is 0.275 e. The number of aromatic nitrogens is 2. The van der Waals surface area contributed by atoms with Gasteiger partial charge in [0.25, 0.3) is 11.5 Å². The fraction of sp³-hybridized carbons (Fsp3) is 0.312. The van der Waals surface area contributed by atoms with Gasteiger partial charge in [0.1, 0.15) is 11.4 Å². The molecular weight excluding hydrogens is 344 g/mol. The van der Waals surface area contributed by atoms with Crippen LogP contribution in [0.5, 0.6) is 0 Å². The lowest BCUT2D eigenvalue weighted by Crippen LogP contribution is -3.14. The average Bonchev–Trinajstić information content (AvgIpc) is 3.13. The largest absolute Gasteiger partial charge is 0.346 e. The van der Waals surface area contributed by atoms with E-state index in [1.54, 1.807) is 11.3 Å². The predicted molar refractivity (Wildman–Crippen MR) is 95.7 cm³/mol. The van der Waals surface area contributed by atoms with Crippen LogP contribution in [0.1, 0.15) is 10.7 Å². The third kappa shape index (κ3) is 2.88. The van der Waals surface area contributed by atoms with Crippen LogP contribution in [0.4, 0.5) is 0 Å².